The molecule has 0 aliphatic heterocycles. The average molecular weight is 235 g/mol. The van der Waals surface area contributed by atoms with Gasteiger partial charge in [0, 0.05) is 10.7 Å². The number of pyridine rings is 1. The van der Waals surface area contributed by atoms with Gasteiger partial charge in [0.2, 0.25) is 0 Å². The van der Waals surface area contributed by atoms with Crippen molar-refractivity contribution in [3.05, 3.63) is 22.9 Å². The van der Waals surface area contributed by atoms with Crippen LogP contribution in [0.2, 0.25) is 0 Å². The summed E-state index contributed by atoms with van der Waals surface area (Å²) in [6, 6.07) is 1.70. The van der Waals surface area contributed by atoms with Crippen LogP contribution in [0.25, 0.3) is 0 Å². The van der Waals surface area contributed by atoms with Crippen molar-refractivity contribution in [2.24, 2.45) is 0 Å². The zero-order chi connectivity index (χ0) is 8.27. The average Bonchev–Trinajstić information content (AvgIpc) is 1.85. The van der Waals surface area contributed by atoms with Gasteiger partial charge in [-0.15, -0.1) is 0 Å². The Morgan fingerprint density at radius 2 is 2.36 bits per heavy atom. The van der Waals surface area contributed by atoms with E-state index in [9.17, 15) is 4.79 Å². The van der Waals surface area contributed by atoms with Crippen LogP contribution in [0.5, 0.6) is 0 Å². The Labute approximate surface area is 76.9 Å². The standard InChI is InChI=1S/C6H4BrClN2O/c7-4-1-5(3-9-2-4)10-6(8)11/h1-3H,(H,10,11). The maximum Gasteiger partial charge on any atom is 0.318 e. The Morgan fingerprint density at radius 3 is 2.91 bits per heavy atom. The molecule has 5 heteroatoms. The molecule has 1 aromatic heterocycles. The van der Waals surface area contributed by atoms with Crippen LogP contribution in [0.4, 0.5) is 10.5 Å². The molecule has 0 atom stereocenters. The zero-order valence-electron chi connectivity index (χ0n) is 5.34. The van der Waals surface area contributed by atoms with Crippen LogP contribution < -0.4 is 5.32 Å². The quantitative estimate of drug-likeness (QED) is 0.600. The number of hydrogen-bond acceptors (Lipinski definition) is 2. The molecule has 0 saturated heterocycles. The molecule has 1 aromatic rings. The topological polar surface area (TPSA) is 42.0 Å². The first-order valence-electron chi connectivity index (χ1n) is 2.75. The van der Waals surface area contributed by atoms with Crippen molar-refractivity contribution in [3.63, 3.8) is 0 Å². The van der Waals surface area contributed by atoms with Crippen molar-refractivity contribution >= 4 is 38.6 Å². The third-order valence-corrected chi connectivity index (χ3v) is 1.48. The lowest BCUT2D eigenvalue weighted by Gasteiger charge is -1.98. The third kappa shape index (κ3) is 2.86. The minimum Gasteiger partial charge on any atom is -0.311 e. The van der Waals surface area contributed by atoms with E-state index < -0.39 is 5.37 Å². The summed E-state index contributed by atoms with van der Waals surface area (Å²) >= 11 is 8.27. The molecule has 1 amide bonds. The van der Waals surface area contributed by atoms with Crippen molar-refractivity contribution in [1.29, 1.82) is 0 Å². The van der Waals surface area contributed by atoms with Gasteiger partial charge in [-0.25, -0.2) is 0 Å². The van der Waals surface area contributed by atoms with E-state index in [0.717, 1.165) is 4.47 Å². The van der Waals surface area contributed by atoms with Crippen molar-refractivity contribution in [2.45, 2.75) is 0 Å². The summed E-state index contributed by atoms with van der Waals surface area (Å²) < 4.78 is 0.792. The Hall–Kier alpha value is -0.610. The van der Waals surface area contributed by atoms with E-state index in [-0.39, 0.29) is 0 Å². The molecule has 11 heavy (non-hydrogen) atoms. The number of aromatic nitrogens is 1. The smallest absolute Gasteiger partial charge is 0.311 e. The molecule has 1 rings (SSSR count). The number of carbonyl (C=O) groups excluding carboxylic acids is 1. The predicted molar refractivity (Wildman–Crippen MR) is 46.8 cm³/mol. The highest BCUT2D eigenvalue weighted by molar-refractivity contribution is 9.10. The van der Waals surface area contributed by atoms with Gasteiger partial charge in [0.05, 0.1) is 11.9 Å². The fraction of sp³-hybridized carbons (Fsp3) is 0. The van der Waals surface area contributed by atoms with Crippen LogP contribution in [-0.4, -0.2) is 10.4 Å². The number of halogens is 2. The van der Waals surface area contributed by atoms with Crippen molar-refractivity contribution < 1.29 is 4.79 Å². The second-order valence-electron chi connectivity index (χ2n) is 1.79. The normalized spacial score (nSPS) is 9.27. The van der Waals surface area contributed by atoms with Crippen molar-refractivity contribution in [1.82, 2.24) is 4.98 Å². The molecule has 1 heterocycles. The van der Waals surface area contributed by atoms with Gasteiger partial charge < -0.3 is 5.32 Å². The van der Waals surface area contributed by atoms with E-state index in [1.54, 1.807) is 12.3 Å². The molecule has 0 saturated carbocycles. The second kappa shape index (κ2) is 3.69. The number of nitrogens with zero attached hydrogens (tertiary/aromatic N) is 1. The van der Waals surface area contributed by atoms with E-state index in [0.29, 0.717) is 5.69 Å². The van der Waals surface area contributed by atoms with E-state index in [1.165, 1.54) is 6.20 Å². The maximum atomic E-state index is 10.3. The summed E-state index contributed by atoms with van der Waals surface area (Å²) in [4.78, 5) is 14.2. The van der Waals surface area contributed by atoms with Crippen LogP contribution in [0.3, 0.4) is 0 Å². The van der Waals surface area contributed by atoms with Crippen LogP contribution >= 0.6 is 27.5 Å². The van der Waals surface area contributed by atoms with E-state index in [2.05, 4.69) is 26.2 Å². The fourth-order valence-electron chi connectivity index (χ4n) is 0.594. The summed E-state index contributed by atoms with van der Waals surface area (Å²) in [7, 11) is 0. The van der Waals surface area contributed by atoms with Gasteiger partial charge in [-0.1, -0.05) is 0 Å². The summed E-state index contributed by atoms with van der Waals surface area (Å²) in [6.07, 6.45) is 3.12. The summed E-state index contributed by atoms with van der Waals surface area (Å²) in [5.41, 5.74) is 0.569. The Balaban J connectivity index is 2.79. The molecule has 0 aliphatic rings. The highest BCUT2D eigenvalue weighted by Crippen LogP contribution is 2.13. The first kappa shape index (κ1) is 8.49. The minimum absolute atomic E-state index is 0.569. The molecule has 0 spiro atoms. The third-order valence-electron chi connectivity index (χ3n) is 0.947. The largest absolute Gasteiger partial charge is 0.318 e. The van der Waals surface area contributed by atoms with Gasteiger partial charge in [-0.3, -0.25) is 9.78 Å². The fourth-order valence-corrected chi connectivity index (χ4v) is 1.07. The molecule has 0 unspecified atom stereocenters. The SMILES string of the molecule is O=C(Cl)Nc1cncc(Br)c1. The maximum absolute atomic E-state index is 10.3. The Bertz CT molecular complexity index is 279. The van der Waals surface area contributed by atoms with E-state index >= 15 is 0 Å². The first-order valence-corrected chi connectivity index (χ1v) is 3.92. The van der Waals surface area contributed by atoms with Crippen LogP contribution in [0, 0.1) is 0 Å². The van der Waals surface area contributed by atoms with Crippen LogP contribution in [0.15, 0.2) is 22.9 Å². The number of nitrogens with one attached hydrogen (secondary N) is 1. The second-order valence-corrected chi connectivity index (χ2v) is 3.05. The molecule has 58 valence electrons. The highest BCUT2D eigenvalue weighted by atomic mass is 79.9. The van der Waals surface area contributed by atoms with Gasteiger partial charge in [0.15, 0.2) is 0 Å². The lowest BCUT2D eigenvalue weighted by atomic mass is 10.4. The first-order chi connectivity index (χ1) is 5.18. The molecule has 0 aromatic carbocycles. The van der Waals surface area contributed by atoms with Crippen molar-refractivity contribution in [3.8, 4) is 0 Å². The number of anilines is 1. The lowest BCUT2D eigenvalue weighted by molar-refractivity contribution is 0.269. The predicted octanol–water partition coefficient (Wildman–Crippen LogP) is 2.61. The lowest BCUT2D eigenvalue weighted by Crippen LogP contribution is -2.00. The van der Waals surface area contributed by atoms with Crippen molar-refractivity contribution in [2.75, 3.05) is 5.32 Å². The molecular formula is C6H4BrClN2O. The van der Waals surface area contributed by atoms with Gasteiger partial charge >= 0.3 is 5.37 Å². The number of hydrogen-bond donors (Lipinski definition) is 1. The van der Waals surface area contributed by atoms with E-state index in [4.69, 9.17) is 11.6 Å². The minimum atomic E-state index is -0.620. The molecule has 0 radical (unpaired) electrons. The molecule has 0 bridgehead atoms. The molecule has 1 N–H and O–H groups in total. The Kier molecular flexibility index (Phi) is 2.84. The monoisotopic (exact) mass is 234 g/mol. The number of amides is 1. The zero-order valence-corrected chi connectivity index (χ0v) is 7.69. The van der Waals surface area contributed by atoms with Gasteiger partial charge in [-0.2, -0.15) is 0 Å². The number of carbonyl (C=O) groups is 1. The molecule has 3 nitrogen and oxygen atoms in total. The Morgan fingerprint density at radius 1 is 1.64 bits per heavy atom. The molecule has 0 fully saturated rings. The van der Waals surface area contributed by atoms with E-state index in [1.807, 2.05) is 0 Å². The molecule has 0 aliphatic carbocycles. The summed E-state index contributed by atoms with van der Waals surface area (Å²) in [6.45, 7) is 0. The van der Waals surface area contributed by atoms with Gasteiger partial charge in [0.25, 0.3) is 0 Å². The molecular weight excluding hydrogens is 231 g/mol. The van der Waals surface area contributed by atoms with Gasteiger partial charge in [-0.05, 0) is 33.6 Å². The van der Waals surface area contributed by atoms with Gasteiger partial charge in [0.1, 0.15) is 0 Å². The summed E-state index contributed by atoms with van der Waals surface area (Å²) in [5, 5.41) is 1.76. The van der Waals surface area contributed by atoms with Crippen LogP contribution in [0.1, 0.15) is 0 Å². The van der Waals surface area contributed by atoms with Crippen LogP contribution in [-0.2, 0) is 0 Å². The number of rotatable bonds is 1. The summed E-state index contributed by atoms with van der Waals surface area (Å²) in [5.74, 6) is 0. The highest BCUT2D eigenvalue weighted by Gasteiger charge is 1.96.